The van der Waals surface area contributed by atoms with Gasteiger partial charge in [-0.2, -0.15) is 0 Å². The summed E-state index contributed by atoms with van der Waals surface area (Å²) in [5, 5.41) is 1.05. The van der Waals surface area contributed by atoms with E-state index in [2.05, 4.69) is 26.0 Å². The Balaban J connectivity index is 1.31. The van der Waals surface area contributed by atoms with Crippen LogP contribution in [0.5, 0.6) is 0 Å². The molecule has 0 aromatic carbocycles. The summed E-state index contributed by atoms with van der Waals surface area (Å²) in [5.41, 5.74) is 15.7. The van der Waals surface area contributed by atoms with Gasteiger partial charge in [0.1, 0.15) is 11.4 Å². The van der Waals surface area contributed by atoms with Gasteiger partial charge in [-0.05, 0) is 134 Å². The molecule has 0 radical (unpaired) electrons. The number of aromatic nitrogens is 4. The average molecular weight is 585 g/mol. The number of fused-ring (bicyclic) bond motifs is 9. The molecule has 0 fully saturated rings. The molecule has 6 nitrogen and oxygen atoms in total. The van der Waals surface area contributed by atoms with Gasteiger partial charge in [0.25, 0.3) is 0 Å². The monoisotopic (exact) mass is 584 g/mol. The third-order valence-corrected chi connectivity index (χ3v) is 10.5. The lowest BCUT2D eigenvalue weighted by atomic mass is 9.80. The van der Waals surface area contributed by atoms with Gasteiger partial charge in [0, 0.05) is 18.2 Å². The molecule has 4 aliphatic rings. The highest BCUT2D eigenvalue weighted by atomic mass is 16.1. The van der Waals surface area contributed by atoms with E-state index in [1.54, 1.807) is 0 Å². The topological polar surface area (TPSA) is 85.7 Å². The number of hydrogen-bond donors (Lipinski definition) is 0. The first-order valence-corrected chi connectivity index (χ1v) is 17.1. The van der Waals surface area contributed by atoms with Crippen LogP contribution in [0.1, 0.15) is 131 Å². The predicted molar refractivity (Wildman–Crippen MR) is 173 cm³/mol. The first kappa shape index (κ1) is 27.7. The van der Waals surface area contributed by atoms with Crippen LogP contribution in [0.15, 0.2) is 12.1 Å². The molecule has 0 saturated heterocycles. The molecule has 0 bridgehead atoms. The maximum Gasteiger partial charge on any atom is 0.181 e. The molecule has 0 saturated carbocycles. The number of hydrogen-bond acceptors (Lipinski definition) is 6. The van der Waals surface area contributed by atoms with Gasteiger partial charge in [0.2, 0.25) is 0 Å². The lowest BCUT2D eigenvalue weighted by Crippen LogP contribution is -2.21. The molecule has 0 unspecified atom stereocenters. The highest BCUT2D eigenvalue weighted by molar-refractivity contribution is 5.99. The van der Waals surface area contributed by atoms with Crippen LogP contribution in [-0.2, 0) is 51.4 Å². The van der Waals surface area contributed by atoms with Crippen molar-refractivity contribution in [2.75, 3.05) is 0 Å². The molecular formula is C38H40N4O2. The Morgan fingerprint density at radius 2 is 0.977 bits per heavy atom. The van der Waals surface area contributed by atoms with Crippen molar-refractivity contribution < 1.29 is 9.59 Å². The molecule has 4 aliphatic carbocycles. The predicted octanol–water partition coefficient (Wildman–Crippen LogP) is 7.67. The van der Waals surface area contributed by atoms with E-state index in [1.165, 1.54) is 44.5 Å². The summed E-state index contributed by atoms with van der Waals surface area (Å²) in [6, 6.07) is 4.52. The minimum Gasteiger partial charge on any atom is -0.292 e. The fourth-order valence-corrected chi connectivity index (χ4v) is 8.26. The first-order chi connectivity index (χ1) is 21.6. The number of nitrogens with zero attached hydrogens (tertiary/aromatic N) is 4. The molecule has 4 heterocycles. The molecule has 8 rings (SSSR count). The minimum atomic E-state index is 0.173. The van der Waals surface area contributed by atoms with Crippen molar-refractivity contribution in [2.45, 2.75) is 117 Å². The zero-order chi connectivity index (χ0) is 29.9. The van der Waals surface area contributed by atoms with E-state index in [1.807, 2.05) is 0 Å². The van der Waals surface area contributed by atoms with Crippen LogP contribution in [0.2, 0.25) is 0 Å². The van der Waals surface area contributed by atoms with Gasteiger partial charge >= 0.3 is 0 Å². The summed E-state index contributed by atoms with van der Waals surface area (Å²) in [5.74, 6) is 0.345. The van der Waals surface area contributed by atoms with E-state index in [-0.39, 0.29) is 11.6 Å². The smallest absolute Gasteiger partial charge is 0.181 e. The lowest BCUT2D eigenvalue weighted by molar-refractivity contribution is 0.0959. The van der Waals surface area contributed by atoms with Crippen molar-refractivity contribution >= 4 is 22.6 Å². The fraction of sp³-hybridized carbons (Fsp3) is 0.474. The third kappa shape index (κ3) is 4.35. The zero-order valence-electron chi connectivity index (χ0n) is 26.1. The van der Waals surface area contributed by atoms with Gasteiger partial charge in [-0.3, -0.25) is 9.59 Å². The zero-order valence-corrected chi connectivity index (χ0v) is 26.1. The van der Waals surface area contributed by atoms with Gasteiger partial charge in [-0.1, -0.05) is 26.7 Å². The standard InChI is InChI=1S/C38H40N4O2/c1-3-5-9-24-26-11-7-13-30(43)34(26)39-36-28(24)17-15-21-19-23-20-22-16-18-29-25(10-6-4-2)27-12-8-14-31(44)35(27)40-37(29)33(22)42-38(23)41-32(21)36/h19-20H,3-18H2,1-2H3. The summed E-state index contributed by atoms with van der Waals surface area (Å²) >= 11 is 0. The first-order valence-electron chi connectivity index (χ1n) is 17.1. The third-order valence-electron chi connectivity index (χ3n) is 10.5. The van der Waals surface area contributed by atoms with E-state index < -0.39 is 0 Å². The Bertz CT molecular complexity index is 1760. The van der Waals surface area contributed by atoms with Crippen LogP contribution in [0, 0.1) is 0 Å². The molecular weight excluding hydrogens is 544 g/mol. The quantitative estimate of drug-likeness (QED) is 0.231. The van der Waals surface area contributed by atoms with Crippen LogP contribution >= 0.6 is 0 Å². The number of carbonyl (C=O) groups is 2. The van der Waals surface area contributed by atoms with Crippen molar-refractivity contribution in [2.24, 2.45) is 0 Å². The Kier molecular flexibility index (Phi) is 6.92. The van der Waals surface area contributed by atoms with Gasteiger partial charge < -0.3 is 0 Å². The Hall–Kier alpha value is -3.80. The number of ketones is 2. The number of carbonyl (C=O) groups excluding carboxylic acids is 2. The molecule has 0 atom stereocenters. The normalized spacial score (nSPS) is 16.6. The van der Waals surface area contributed by atoms with E-state index in [9.17, 15) is 9.59 Å². The van der Waals surface area contributed by atoms with E-state index in [0.717, 1.165) is 118 Å². The molecule has 0 amide bonds. The van der Waals surface area contributed by atoms with Gasteiger partial charge in [0.05, 0.1) is 22.8 Å². The summed E-state index contributed by atoms with van der Waals surface area (Å²) < 4.78 is 0. The van der Waals surface area contributed by atoms with Crippen molar-refractivity contribution in [3.63, 3.8) is 0 Å². The van der Waals surface area contributed by atoms with E-state index in [0.29, 0.717) is 29.9 Å². The lowest BCUT2D eigenvalue weighted by Gasteiger charge is -2.28. The van der Waals surface area contributed by atoms with E-state index in [4.69, 9.17) is 19.9 Å². The molecule has 6 heteroatoms. The summed E-state index contributed by atoms with van der Waals surface area (Å²) in [6.45, 7) is 4.46. The number of Topliss-reactive ketones (excluding diaryl/α,β-unsaturated/α-hetero) is 2. The van der Waals surface area contributed by atoms with Crippen LogP contribution in [-0.4, -0.2) is 31.5 Å². The van der Waals surface area contributed by atoms with Crippen molar-refractivity contribution in [3.8, 4) is 22.8 Å². The maximum atomic E-state index is 13.1. The second-order valence-corrected chi connectivity index (χ2v) is 13.3. The summed E-state index contributed by atoms with van der Waals surface area (Å²) in [7, 11) is 0. The van der Waals surface area contributed by atoms with Crippen LogP contribution in [0.4, 0.5) is 0 Å². The number of unbranched alkanes of at least 4 members (excludes halogenated alkanes) is 2. The average Bonchev–Trinajstić information content (AvgIpc) is 3.04. The van der Waals surface area contributed by atoms with Crippen molar-refractivity contribution in [3.05, 3.63) is 68.0 Å². The second kappa shape index (κ2) is 11.0. The van der Waals surface area contributed by atoms with Gasteiger partial charge in [-0.15, -0.1) is 0 Å². The number of rotatable bonds is 6. The molecule has 224 valence electrons. The molecule has 4 aromatic rings. The molecule has 0 N–H and O–H groups in total. The molecule has 0 aliphatic heterocycles. The van der Waals surface area contributed by atoms with E-state index >= 15 is 0 Å². The van der Waals surface area contributed by atoms with Crippen LogP contribution in [0.3, 0.4) is 0 Å². The largest absolute Gasteiger partial charge is 0.292 e. The molecule has 0 spiro atoms. The summed E-state index contributed by atoms with van der Waals surface area (Å²) in [4.78, 5) is 46.8. The highest BCUT2D eigenvalue weighted by Gasteiger charge is 2.32. The maximum absolute atomic E-state index is 13.1. The Morgan fingerprint density at radius 1 is 0.523 bits per heavy atom. The Morgan fingerprint density at radius 3 is 1.43 bits per heavy atom. The highest BCUT2D eigenvalue weighted by Crippen LogP contribution is 2.41. The summed E-state index contributed by atoms with van der Waals surface area (Å²) in [6.07, 6.45) is 15.1. The second-order valence-electron chi connectivity index (χ2n) is 13.3. The van der Waals surface area contributed by atoms with Crippen molar-refractivity contribution in [1.82, 2.24) is 19.9 Å². The molecule has 44 heavy (non-hydrogen) atoms. The fourth-order valence-electron chi connectivity index (χ4n) is 8.26. The SMILES string of the molecule is CCCCc1c2c(nc3c1CCc1cc4cc5c(nc4nc1-3)-c1nc3c(c(CCCC)c1CC5)CCCC3=O)C(=O)CCC2. The van der Waals surface area contributed by atoms with Crippen LogP contribution in [0.25, 0.3) is 33.8 Å². The number of aryl methyl sites for hydroxylation is 2. The van der Waals surface area contributed by atoms with Crippen LogP contribution < -0.4 is 0 Å². The van der Waals surface area contributed by atoms with Gasteiger partial charge in [0.15, 0.2) is 17.2 Å². The minimum absolute atomic E-state index is 0.173. The van der Waals surface area contributed by atoms with Gasteiger partial charge in [-0.25, -0.2) is 19.9 Å². The molecule has 4 aromatic heterocycles. The number of pyridine rings is 4. The van der Waals surface area contributed by atoms with Crippen molar-refractivity contribution in [1.29, 1.82) is 0 Å². The Labute approximate surface area is 259 Å².